The quantitative estimate of drug-likeness (QED) is 0.941. The Hall–Kier alpha value is -2.09. The number of hydrogen-bond donors (Lipinski definition) is 1. The number of nitrogens with one attached hydrogen (secondary N) is 1. The van der Waals surface area contributed by atoms with Crippen LogP contribution in [0.15, 0.2) is 18.5 Å². The maximum atomic E-state index is 12.4. The number of thiazole rings is 1. The zero-order valence-corrected chi connectivity index (χ0v) is 13.5. The number of aryl methyl sites for hydroxylation is 1. The predicted molar refractivity (Wildman–Crippen MR) is 84.4 cm³/mol. The van der Waals surface area contributed by atoms with Crippen molar-refractivity contribution in [3.05, 3.63) is 24.2 Å². The fourth-order valence-corrected chi connectivity index (χ4v) is 3.26. The molecule has 0 spiro atoms. The van der Waals surface area contributed by atoms with Crippen molar-refractivity contribution in [1.82, 2.24) is 19.7 Å². The van der Waals surface area contributed by atoms with Gasteiger partial charge in [0.05, 0.1) is 19.0 Å². The van der Waals surface area contributed by atoms with Crippen LogP contribution in [0.5, 0.6) is 5.06 Å². The largest absolute Gasteiger partial charge is 0.486 e. The molecular weight excluding hydrogens is 302 g/mol. The second kappa shape index (κ2) is 6.35. The topological polar surface area (TPSA) is 72.3 Å². The van der Waals surface area contributed by atoms with Crippen LogP contribution in [0.25, 0.3) is 0 Å². The first-order chi connectivity index (χ1) is 10.7. The van der Waals surface area contributed by atoms with Crippen LogP contribution in [0.2, 0.25) is 0 Å². The molecule has 1 fully saturated rings. The van der Waals surface area contributed by atoms with Crippen molar-refractivity contribution in [2.45, 2.75) is 18.8 Å². The van der Waals surface area contributed by atoms with Gasteiger partial charge in [-0.1, -0.05) is 11.3 Å². The fraction of sp³-hybridized carbons (Fsp3) is 0.500. The van der Waals surface area contributed by atoms with E-state index in [2.05, 4.69) is 15.4 Å². The molecule has 2 aromatic rings. The van der Waals surface area contributed by atoms with Gasteiger partial charge in [0, 0.05) is 32.3 Å². The lowest BCUT2D eigenvalue weighted by molar-refractivity contribution is 0.192. The summed E-state index contributed by atoms with van der Waals surface area (Å²) in [5, 5.41) is 8.53. The number of urea groups is 1. The molecule has 1 N–H and O–H groups in total. The predicted octanol–water partition coefficient (Wildman–Crippen LogP) is 2.30. The van der Waals surface area contributed by atoms with Gasteiger partial charge in [0.2, 0.25) is 0 Å². The molecule has 1 saturated heterocycles. The minimum Gasteiger partial charge on any atom is -0.486 e. The molecule has 0 aliphatic carbocycles. The molecule has 1 aliphatic rings. The van der Waals surface area contributed by atoms with Gasteiger partial charge in [0.1, 0.15) is 0 Å². The van der Waals surface area contributed by atoms with E-state index < -0.39 is 0 Å². The van der Waals surface area contributed by atoms with Crippen molar-refractivity contribution in [2.75, 3.05) is 25.5 Å². The third kappa shape index (κ3) is 3.22. The van der Waals surface area contributed by atoms with Crippen LogP contribution in [0.4, 0.5) is 9.93 Å². The van der Waals surface area contributed by atoms with E-state index in [9.17, 15) is 4.79 Å². The highest BCUT2D eigenvalue weighted by Gasteiger charge is 2.26. The number of ether oxygens (including phenoxy) is 1. The molecule has 118 valence electrons. The Bertz CT molecular complexity index is 653. The molecule has 1 atom stereocenters. The summed E-state index contributed by atoms with van der Waals surface area (Å²) in [6, 6.07) is 1.91. The van der Waals surface area contributed by atoms with E-state index in [4.69, 9.17) is 4.74 Å². The minimum atomic E-state index is -0.113. The monoisotopic (exact) mass is 321 g/mol. The summed E-state index contributed by atoms with van der Waals surface area (Å²) in [5.74, 6) is 0.298. The lowest BCUT2D eigenvalue weighted by Gasteiger charge is -2.31. The molecule has 0 bridgehead atoms. The molecule has 3 rings (SSSR count). The van der Waals surface area contributed by atoms with Crippen LogP contribution in [0.3, 0.4) is 0 Å². The van der Waals surface area contributed by atoms with Crippen LogP contribution in [-0.4, -0.2) is 45.9 Å². The molecule has 22 heavy (non-hydrogen) atoms. The molecule has 0 radical (unpaired) electrons. The summed E-state index contributed by atoms with van der Waals surface area (Å²) in [6.45, 7) is 1.45. The Balaban J connectivity index is 1.62. The molecule has 0 aromatic carbocycles. The Morgan fingerprint density at radius 1 is 1.55 bits per heavy atom. The number of methoxy groups -OCH3 is 1. The molecule has 0 saturated carbocycles. The highest BCUT2D eigenvalue weighted by atomic mass is 32.1. The summed E-state index contributed by atoms with van der Waals surface area (Å²) in [4.78, 5) is 18.3. The van der Waals surface area contributed by atoms with Crippen molar-refractivity contribution < 1.29 is 9.53 Å². The highest BCUT2D eigenvalue weighted by molar-refractivity contribution is 7.17. The van der Waals surface area contributed by atoms with Gasteiger partial charge >= 0.3 is 6.03 Å². The van der Waals surface area contributed by atoms with Crippen LogP contribution < -0.4 is 10.1 Å². The second-order valence-corrected chi connectivity index (χ2v) is 6.31. The minimum absolute atomic E-state index is 0.113. The summed E-state index contributed by atoms with van der Waals surface area (Å²) < 4.78 is 6.88. The maximum Gasteiger partial charge on any atom is 0.323 e. The average Bonchev–Trinajstić information content (AvgIpc) is 3.16. The van der Waals surface area contributed by atoms with Crippen molar-refractivity contribution in [2.24, 2.45) is 7.05 Å². The van der Waals surface area contributed by atoms with Gasteiger partial charge in [-0.25, -0.2) is 9.78 Å². The van der Waals surface area contributed by atoms with E-state index in [0.717, 1.165) is 25.1 Å². The Kier molecular flexibility index (Phi) is 4.28. The van der Waals surface area contributed by atoms with Crippen LogP contribution in [0.1, 0.15) is 24.5 Å². The van der Waals surface area contributed by atoms with Gasteiger partial charge in [-0.2, -0.15) is 5.10 Å². The Morgan fingerprint density at radius 2 is 2.41 bits per heavy atom. The summed E-state index contributed by atoms with van der Waals surface area (Å²) in [5.41, 5.74) is 1.05. The van der Waals surface area contributed by atoms with Crippen molar-refractivity contribution in [3.63, 3.8) is 0 Å². The highest BCUT2D eigenvalue weighted by Crippen LogP contribution is 2.28. The zero-order valence-electron chi connectivity index (χ0n) is 12.7. The van der Waals surface area contributed by atoms with E-state index in [1.54, 1.807) is 18.0 Å². The van der Waals surface area contributed by atoms with E-state index in [1.165, 1.54) is 11.3 Å². The van der Waals surface area contributed by atoms with E-state index in [0.29, 0.717) is 22.7 Å². The summed E-state index contributed by atoms with van der Waals surface area (Å²) in [6.07, 6.45) is 5.59. The average molecular weight is 321 g/mol. The second-order valence-electron chi connectivity index (χ2n) is 5.32. The normalized spacial score (nSPS) is 18.3. The number of carbonyl (C=O) groups excluding carboxylic acids is 1. The summed E-state index contributed by atoms with van der Waals surface area (Å²) >= 11 is 1.32. The SMILES string of the molecule is COc1cnc(NC(=O)N2CCCC(c3ccn(C)n3)C2)s1. The smallest absolute Gasteiger partial charge is 0.323 e. The number of anilines is 1. The van der Waals surface area contributed by atoms with Gasteiger partial charge < -0.3 is 9.64 Å². The van der Waals surface area contributed by atoms with Gasteiger partial charge in [-0.3, -0.25) is 10.00 Å². The molecule has 1 unspecified atom stereocenters. The number of rotatable bonds is 3. The third-order valence-corrected chi connectivity index (χ3v) is 4.63. The number of carbonyl (C=O) groups is 1. The first-order valence-electron chi connectivity index (χ1n) is 7.21. The van der Waals surface area contributed by atoms with E-state index in [1.807, 2.05) is 24.2 Å². The molecule has 8 heteroatoms. The van der Waals surface area contributed by atoms with Crippen molar-refractivity contribution in [1.29, 1.82) is 0 Å². The molecular formula is C14H19N5O2S. The fourth-order valence-electron chi connectivity index (χ4n) is 2.64. The van der Waals surface area contributed by atoms with Crippen molar-refractivity contribution in [3.8, 4) is 5.06 Å². The molecule has 7 nitrogen and oxygen atoms in total. The van der Waals surface area contributed by atoms with E-state index >= 15 is 0 Å². The Labute approximate surface area is 132 Å². The number of nitrogens with zero attached hydrogens (tertiary/aromatic N) is 4. The Morgan fingerprint density at radius 3 is 3.09 bits per heavy atom. The van der Waals surface area contributed by atoms with Crippen LogP contribution in [0, 0.1) is 0 Å². The van der Waals surface area contributed by atoms with Crippen LogP contribution >= 0.6 is 11.3 Å². The number of aromatic nitrogens is 3. The molecule has 1 aliphatic heterocycles. The molecule has 3 heterocycles. The number of likely N-dealkylation sites (tertiary alicyclic amines) is 1. The number of hydrogen-bond acceptors (Lipinski definition) is 5. The van der Waals surface area contributed by atoms with Gasteiger partial charge in [0.15, 0.2) is 10.2 Å². The standard InChI is InChI=1S/C14H19N5O2S/c1-18-7-5-11(17-18)10-4-3-6-19(9-10)14(20)16-13-15-8-12(21-2)22-13/h5,7-8,10H,3-4,6,9H2,1-2H3,(H,15,16,20). The lowest BCUT2D eigenvalue weighted by Crippen LogP contribution is -2.41. The first kappa shape index (κ1) is 14.8. The van der Waals surface area contributed by atoms with Gasteiger partial charge in [0.25, 0.3) is 0 Å². The molecule has 2 aromatic heterocycles. The first-order valence-corrected chi connectivity index (χ1v) is 8.02. The third-order valence-electron chi connectivity index (χ3n) is 3.76. The molecule has 2 amide bonds. The zero-order chi connectivity index (χ0) is 15.5. The maximum absolute atomic E-state index is 12.4. The van der Waals surface area contributed by atoms with Gasteiger partial charge in [-0.15, -0.1) is 0 Å². The number of piperidine rings is 1. The lowest BCUT2D eigenvalue weighted by atomic mass is 9.95. The van der Waals surface area contributed by atoms with Crippen molar-refractivity contribution >= 4 is 22.5 Å². The summed E-state index contributed by atoms with van der Waals surface area (Å²) in [7, 11) is 3.49. The van der Waals surface area contributed by atoms with E-state index in [-0.39, 0.29) is 6.03 Å². The van der Waals surface area contributed by atoms with Crippen LogP contribution in [-0.2, 0) is 7.05 Å². The van der Waals surface area contributed by atoms with Gasteiger partial charge in [-0.05, 0) is 18.9 Å². The number of amides is 2.